The van der Waals surface area contributed by atoms with Crippen molar-refractivity contribution in [2.45, 2.75) is 26.7 Å². The van der Waals surface area contributed by atoms with Gasteiger partial charge in [0.1, 0.15) is 12.2 Å². The van der Waals surface area contributed by atoms with Crippen LogP contribution in [-0.2, 0) is 12.8 Å². The minimum absolute atomic E-state index is 1.00. The van der Waals surface area contributed by atoms with Gasteiger partial charge in [-0.25, -0.2) is 10.1 Å². The molecule has 0 spiro atoms. The molecule has 0 fully saturated rings. The predicted molar refractivity (Wildman–Crippen MR) is 51.5 cm³/mol. The van der Waals surface area contributed by atoms with E-state index in [9.17, 15) is 0 Å². The van der Waals surface area contributed by atoms with Crippen LogP contribution in [0.4, 0.5) is 0 Å². The zero-order valence-corrected chi connectivity index (χ0v) is 8.36. The molecule has 0 aliphatic rings. The summed E-state index contributed by atoms with van der Waals surface area (Å²) in [5.41, 5.74) is 1.16. The van der Waals surface area contributed by atoms with E-state index in [0.717, 1.165) is 24.4 Å². The number of hydrogen-bond donors (Lipinski definition) is 2. The summed E-state index contributed by atoms with van der Waals surface area (Å²) in [5, 5.41) is 12.1. The van der Waals surface area contributed by atoms with E-state index in [4.69, 9.17) is 0 Å². The van der Waals surface area contributed by atoms with E-state index in [1.807, 2.05) is 6.20 Å². The number of aromatic nitrogens is 6. The van der Waals surface area contributed by atoms with Gasteiger partial charge >= 0.3 is 0 Å². The van der Waals surface area contributed by atoms with Gasteiger partial charge in [0.15, 0.2) is 0 Å². The van der Waals surface area contributed by atoms with E-state index in [2.05, 4.69) is 44.4 Å². The van der Waals surface area contributed by atoms with Crippen molar-refractivity contribution in [3.05, 3.63) is 24.0 Å². The van der Waals surface area contributed by atoms with Crippen LogP contribution in [-0.4, -0.2) is 30.6 Å². The molecule has 2 aromatic rings. The Kier molecular flexibility index (Phi) is 4.33. The summed E-state index contributed by atoms with van der Waals surface area (Å²) in [6, 6.07) is 0. The predicted octanol–water partition coefficient (Wildman–Crippen LogP) is 0.734. The zero-order chi connectivity index (χ0) is 10.2. The summed E-state index contributed by atoms with van der Waals surface area (Å²) >= 11 is 0. The lowest BCUT2D eigenvalue weighted by Gasteiger charge is -1.83. The van der Waals surface area contributed by atoms with Gasteiger partial charge in [0.25, 0.3) is 0 Å². The highest BCUT2D eigenvalue weighted by molar-refractivity contribution is 5.00. The minimum atomic E-state index is 1.00. The average molecular weight is 194 g/mol. The Morgan fingerprint density at radius 1 is 1.29 bits per heavy atom. The second kappa shape index (κ2) is 5.85. The maximum absolute atomic E-state index is 4.29. The van der Waals surface area contributed by atoms with Crippen molar-refractivity contribution < 1.29 is 0 Å². The Labute approximate surface area is 82.2 Å². The van der Waals surface area contributed by atoms with E-state index in [-0.39, 0.29) is 0 Å². The fourth-order valence-corrected chi connectivity index (χ4v) is 0.896. The number of H-pyrrole nitrogens is 2. The molecular weight excluding hydrogens is 180 g/mol. The van der Waals surface area contributed by atoms with Gasteiger partial charge in [0.05, 0.1) is 5.69 Å². The van der Waals surface area contributed by atoms with Crippen LogP contribution in [0.25, 0.3) is 0 Å². The molecule has 0 saturated carbocycles. The largest absolute Gasteiger partial charge is 0.348 e. The Morgan fingerprint density at radius 3 is 2.43 bits per heavy atom. The quantitative estimate of drug-likeness (QED) is 0.738. The van der Waals surface area contributed by atoms with Crippen LogP contribution in [0.5, 0.6) is 0 Å². The number of imidazole rings is 1. The van der Waals surface area contributed by atoms with Crippen molar-refractivity contribution in [1.82, 2.24) is 30.6 Å². The van der Waals surface area contributed by atoms with Crippen molar-refractivity contribution in [2.24, 2.45) is 0 Å². The highest BCUT2D eigenvalue weighted by Crippen LogP contribution is 1.96. The Balaban J connectivity index is 0.000000165. The number of nitrogens with zero attached hydrogens (tertiary/aromatic N) is 4. The molecule has 0 atom stereocenters. The van der Waals surface area contributed by atoms with Crippen molar-refractivity contribution in [3.8, 4) is 0 Å². The first-order valence-corrected chi connectivity index (χ1v) is 4.57. The van der Waals surface area contributed by atoms with Gasteiger partial charge in [-0.3, -0.25) is 0 Å². The van der Waals surface area contributed by atoms with Gasteiger partial charge in [-0.2, -0.15) is 0 Å². The molecule has 6 nitrogen and oxygen atoms in total. The van der Waals surface area contributed by atoms with Crippen LogP contribution >= 0.6 is 0 Å². The van der Waals surface area contributed by atoms with Crippen LogP contribution < -0.4 is 0 Å². The van der Waals surface area contributed by atoms with Crippen LogP contribution in [0.15, 0.2) is 12.5 Å². The summed E-state index contributed by atoms with van der Waals surface area (Å²) < 4.78 is 0. The highest BCUT2D eigenvalue weighted by Gasteiger charge is 1.93. The first-order chi connectivity index (χ1) is 6.86. The Bertz CT molecular complexity index is 290. The number of nitrogens with one attached hydrogen (secondary N) is 2. The van der Waals surface area contributed by atoms with Gasteiger partial charge in [-0.1, -0.05) is 13.8 Å². The second-order valence-electron chi connectivity index (χ2n) is 2.61. The topological polar surface area (TPSA) is 83.1 Å². The first kappa shape index (κ1) is 10.4. The normalized spacial score (nSPS) is 9.29. The number of tetrazole rings is 1. The molecule has 6 heteroatoms. The van der Waals surface area contributed by atoms with Crippen LogP contribution in [0.1, 0.15) is 25.4 Å². The number of aryl methyl sites for hydroxylation is 2. The lowest BCUT2D eigenvalue weighted by atomic mass is 10.4. The minimum Gasteiger partial charge on any atom is -0.348 e. The number of aromatic amines is 2. The smallest absolute Gasteiger partial charge is 0.135 e. The number of hydrogen-bond acceptors (Lipinski definition) is 4. The third-order valence-corrected chi connectivity index (χ3v) is 1.65. The fraction of sp³-hybridized carbons (Fsp3) is 0.500. The molecule has 76 valence electrons. The van der Waals surface area contributed by atoms with Gasteiger partial charge < -0.3 is 4.98 Å². The molecule has 0 bridgehead atoms. The van der Waals surface area contributed by atoms with Gasteiger partial charge in [0.2, 0.25) is 0 Å². The molecule has 2 heterocycles. The molecule has 0 aliphatic heterocycles. The second-order valence-corrected chi connectivity index (χ2v) is 2.61. The Hall–Kier alpha value is -1.72. The maximum Gasteiger partial charge on any atom is 0.135 e. The van der Waals surface area contributed by atoms with Gasteiger partial charge in [-0.15, -0.1) is 5.10 Å². The average Bonchev–Trinajstić information content (AvgIpc) is 2.92. The molecule has 0 radical (unpaired) electrons. The highest BCUT2D eigenvalue weighted by atomic mass is 15.5. The van der Waals surface area contributed by atoms with E-state index in [0.29, 0.717) is 0 Å². The van der Waals surface area contributed by atoms with Crippen molar-refractivity contribution in [1.29, 1.82) is 0 Å². The molecule has 14 heavy (non-hydrogen) atoms. The molecular formula is C8H14N6. The first-order valence-electron chi connectivity index (χ1n) is 4.57. The van der Waals surface area contributed by atoms with E-state index >= 15 is 0 Å². The van der Waals surface area contributed by atoms with Crippen molar-refractivity contribution >= 4 is 0 Å². The summed E-state index contributed by atoms with van der Waals surface area (Å²) in [6.07, 6.45) is 5.40. The summed E-state index contributed by atoms with van der Waals surface area (Å²) in [6.45, 7) is 4.20. The molecule has 0 aromatic carbocycles. The molecule has 2 N–H and O–H groups in total. The Morgan fingerprint density at radius 2 is 2.14 bits per heavy atom. The lowest BCUT2D eigenvalue weighted by Crippen LogP contribution is -1.82. The molecule has 0 aliphatic carbocycles. The maximum atomic E-state index is 4.29. The monoisotopic (exact) mass is 194 g/mol. The third kappa shape index (κ3) is 3.34. The molecule has 2 rings (SSSR count). The standard InChI is InChI=1S/C7H12N2.CH2N4/c1-3-6-5-8-7(4-2)9-6;1-2-4-5-3-1/h5H,3-4H2,1-2H3,(H,8,9);1H,(H,2,3,4,5). The van der Waals surface area contributed by atoms with Crippen LogP contribution in [0.3, 0.4) is 0 Å². The fourth-order valence-electron chi connectivity index (χ4n) is 0.896. The SMILES string of the molecule is CCc1c[nH]c(CC)n1.c1nnn[nH]1. The van der Waals surface area contributed by atoms with E-state index in [1.54, 1.807) is 0 Å². The molecule has 0 amide bonds. The summed E-state index contributed by atoms with van der Waals surface area (Å²) in [5.74, 6) is 1.09. The number of rotatable bonds is 2. The lowest BCUT2D eigenvalue weighted by molar-refractivity contribution is 0.881. The van der Waals surface area contributed by atoms with Crippen LogP contribution in [0.2, 0.25) is 0 Å². The summed E-state index contributed by atoms with van der Waals surface area (Å²) in [4.78, 5) is 7.39. The van der Waals surface area contributed by atoms with Gasteiger partial charge in [-0.05, 0) is 16.8 Å². The third-order valence-electron chi connectivity index (χ3n) is 1.65. The van der Waals surface area contributed by atoms with Crippen LogP contribution in [0, 0.1) is 0 Å². The zero-order valence-electron chi connectivity index (χ0n) is 8.36. The molecule has 2 aromatic heterocycles. The van der Waals surface area contributed by atoms with Crippen molar-refractivity contribution in [2.75, 3.05) is 0 Å². The van der Waals surface area contributed by atoms with E-state index in [1.165, 1.54) is 6.33 Å². The molecule has 0 unspecified atom stereocenters. The summed E-state index contributed by atoms with van der Waals surface area (Å²) in [7, 11) is 0. The van der Waals surface area contributed by atoms with E-state index < -0.39 is 0 Å². The van der Waals surface area contributed by atoms with Gasteiger partial charge in [0, 0.05) is 12.6 Å². The molecule has 0 saturated heterocycles. The van der Waals surface area contributed by atoms with Crippen molar-refractivity contribution in [3.63, 3.8) is 0 Å².